The molecule has 0 heterocycles. The second-order valence-corrected chi connectivity index (χ2v) is 4.41. The van der Waals surface area contributed by atoms with Crippen LogP contribution in [0.25, 0.3) is 0 Å². The molecule has 0 aromatic carbocycles. The third kappa shape index (κ3) is 11.8. The lowest BCUT2D eigenvalue weighted by Crippen LogP contribution is -2.22. The molecule has 0 spiro atoms. The Balaban J connectivity index is 3.13. The Bertz CT molecular complexity index is 129. The Hall–Kier alpha value is -0.120. The van der Waals surface area contributed by atoms with E-state index < -0.39 is 0 Å². The van der Waals surface area contributed by atoms with Crippen LogP contribution in [0.1, 0.15) is 33.6 Å². The number of hydrogen-bond donors (Lipinski definition) is 1. The van der Waals surface area contributed by atoms with Gasteiger partial charge in [0.05, 0.1) is 19.3 Å². The van der Waals surface area contributed by atoms with E-state index in [9.17, 15) is 0 Å². The van der Waals surface area contributed by atoms with Gasteiger partial charge in [0, 0.05) is 7.11 Å². The normalized spacial score (nSPS) is 13.4. The molecule has 0 saturated carbocycles. The lowest BCUT2D eigenvalue weighted by molar-refractivity contribution is 0.0217. The zero-order valence-electron chi connectivity index (χ0n) is 10.7. The van der Waals surface area contributed by atoms with Crippen LogP contribution in [0.2, 0.25) is 0 Å². The summed E-state index contributed by atoms with van der Waals surface area (Å²) in [5.74, 6) is 0.736. The van der Waals surface area contributed by atoms with E-state index >= 15 is 0 Å². The van der Waals surface area contributed by atoms with E-state index in [4.69, 9.17) is 9.47 Å². The number of rotatable bonds is 10. The van der Waals surface area contributed by atoms with E-state index in [-0.39, 0.29) is 0 Å². The minimum Gasteiger partial charge on any atom is -0.382 e. The van der Waals surface area contributed by atoms with Gasteiger partial charge in [-0.1, -0.05) is 13.8 Å². The molecule has 0 aromatic rings. The molecule has 0 saturated heterocycles. The van der Waals surface area contributed by atoms with Gasteiger partial charge in [0.1, 0.15) is 0 Å². The Labute approximate surface area is 94.5 Å². The molecular weight excluding hydrogens is 190 g/mol. The molecule has 3 heteroatoms. The van der Waals surface area contributed by atoms with Crippen molar-refractivity contribution in [3.05, 3.63) is 0 Å². The molecule has 0 bridgehead atoms. The first-order valence-corrected chi connectivity index (χ1v) is 5.98. The van der Waals surface area contributed by atoms with Gasteiger partial charge in [0.2, 0.25) is 0 Å². The first-order valence-electron chi connectivity index (χ1n) is 5.98. The van der Waals surface area contributed by atoms with Gasteiger partial charge >= 0.3 is 0 Å². The SMILES string of the molecule is COCCOC(C)CCCNCC(C)C. The van der Waals surface area contributed by atoms with Crippen molar-refractivity contribution >= 4 is 0 Å². The lowest BCUT2D eigenvalue weighted by atomic mass is 10.2. The largest absolute Gasteiger partial charge is 0.382 e. The standard InChI is InChI=1S/C12H27NO2/c1-11(2)10-13-7-5-6-12(3)15-9-8-14-4/h11-13H,5-10H2,1-4H3. The van der Waals surface area contributed by atoms with Crippen LogP contribution in [0, 0.1) is 5.92 Å². The molecule has 0 radical (unpaired) electrons. The molecule has 3 nitrogen and oxygen atoms in total. The second-order valence-electron chi connectivity index (χ2n) is 4.41. The van der Waals surface area contributed by atoms with Crippen molar-refractivity contribution in [1.82, 2.24) is 5.32 Å². The van der Waals surface area contributed by atoms with Gasteiger partial charge in [-0.2, -0.15) is 0 Å². The van der Waals surface area contributed by atoms with Gasteiger partial charge in [-0.05, 0) is 38.8 Å². The molecule has 1 N–H and O–H groups in total. The van der Waals surface area contributed by atoms with Crippen LogP contribution in [-0.2, 0) is 9.47 Å². The maximum Gasteiger partial charge on any atom is 0.0703 e. The van der Waals surface area contributed by atoms with Crippen LogP contribution in [0.3, 0.4) is 0 Å². The van der Waals surface area contributed by atoms with Crippen molar-refractivity contribution in [2.24, 2.45) is 5.92 Å². The molecule has 0 rings (SSSR count). The number of ether oxygens (including phenoxy) is 2. The molecule has 1 unspecified atom stereocenters. The average molecular weight is 217 g/mol. The molecule has 0 fully saturated rings. The maximum atomic E-state index is 5.56. The van der Waals surface area contributed by atoms with Gasteiger partial charge in [0.25, 0.3) is 0 Å². The van der Waals surface area contributed by atoms with Crippen LogP contribution < -0.4 is 5.32 Å². The van der Waals surface area contributed by atoms with Crippen LogP contribution in [0.5, 0.6) is 0 Å². The van der Waals surface area contributed by atoms with Crippen molar-refractivity contribution in [3.8, 4) is 0 Å². The highest BCUT2D eigenvalue weighted by Gasteiger charge is 2.01. The monoisotopic (exact) mass is 217 g/mol. The fourth-order valence-corrected chi connectivity index (χ4v) is 1.32. The summed E-state index contributed by atoms with van der Waals surface area (Å²) in [6.45, 7) is 10.2. The smallest absolute Gasteiger partial charge is 0.0703 e. The molecule has 0 aliphatic carbocycles. The van der Waals surface area contributed by atoms with Crippen molar-refractivity contribution in [1.29, 1.82) is 0 Å². The first-order chi connectivity index (χ1) is 7.16. The molecule has 92 valence electrons. The molecule has 0 aliphatic rings. The maximum absolute atomic E-state index is 5.56. The van der Waals surface area contributed by atoms with Gasteiger partial charge in [0.15, 0.2) is 0 Å². The summed E-state index contributed by atoms with van der Waals surface area (Å²) < 4.78 is 10.5. The predicted octanol–water partition coefficient (Wildman–Crippen LogP) is 2.06. The number of hydrogen-bond acceptors (Lipinski definition) is 3. The minimum absolute atomic E-state index is 0.348. The van der Waals surface area contributed by atoms with Crippen molar-refractivity contribution < 1.29 is 9.47 Å². The summed E-state index contributed by atoms with van der Waals surface area (Å²) in [4.78, 5) is 0. The Morgan fingerprint density at radius 2 is 1.87 bits per heavy atom. The highest BCUT2D eigenvalue weighted by Crippen LogP contribution is 2.00. The Morgan fingerprint density at radius 1 is 1.13 bits per heavy atom. The van der Waals surface area contributed by atoms with E-state index in [2.05, 4.69) is 26.1 Å². The summed E-state index contributed by atoms with van der Waals surface area (Å²) in [5, 5.41) is 3.43. The molecule has 0 amide bonds. The fourth-order valence-electron chi connectivity index (χ4n) is 1.32. The summed E-state index contributed by atoms with van der Waals surface area (Å²) >= 11 is 0. The topological polar surface area (TPSA) is 30.5 Å². The van der Waals surface area contributed by atoms with Crippen LogP contribution in [-0.4, -0.2) is 39.5 Å². The predicted molar refractivity (Wildman–Crippen MR) is 64.2 cm³/mol. The quantitative estimate of drug-likeness (QED) is 0.568. The van der Waals surface area contributed by atoms with E-state index in [0.29, 0.717) is 19.3 Å². The van der Waals surface area contributed by atoms with Crippen LogP contribution >= 0.6 is 0 Å². The van der Waals surface area contributed by atoms with E-state index in [1.165, 1.54) is 6.42 Å². The highest BCUT2D eigenvalue weighted by molar-refractivity contribution is 4.55. The Kier molecular flexibility index (Phi) is 10.3. The molecule has 15 heavy (non-hydrogen) atoms. The van der Waals surface area contributed by atoms with Crippen LogP contribution in [0.15, 0.2) is 0 Å². The summed E-state index contributed by atoms with van der Waals surface area (Å²) in [6, 6.07) is 0. The fraction of sp³-hybridized carbons (Fsp3) is 1.00. The van der Waals surface area contributed by atoms with Gasteiger partial charge in [-0.15, -0.1) is 0 Å². The third-order valence-electron chi connectivity index (χ3n) is 2.21. The molecule has 0 aliphatic heterocycles. The zero-order valence-corrected chi connectivity index (χ0v) is 10.7. The molecular formula is C12H27NO2. The minimum atomic E-state index is 0.348. The van der Waals surface area contributed by atoms with Gasteiger partial charge in [-0.25, -0.2) is 0 Å². The average Bonchev–Trinajstić information content (AvgIpc) is 2.17. The van der Waals surface area contributed by atoms with Crippen LogP contribution in [0.4, 0.5) is 0 Å². The number of nitrogens with one attached hydrogen (secondary N) is 1. The van der Waals surface area contributed by atoms with Crippen molar-refractivity contribution in [2.45, 2.75) is 39.7 Å². The van der Waals surface area contributed by atoms with Gasteiger partial charge < -0.3 is 14.8 Å². The molecule has 1 atom stereocenters. The lowest BCUT2D eigenvalue weighted by Gasteiger charge is -2.13. The van der Waals surface area contributed by atoms with Gasteiger partial charge in [-0.3, -0.25) is 0 Å². The number of methoxy groups -OCH3 is 1. The van der Waals surface area contributed by atoms with Crippen molar-refractivity contribution in [2.75, 3.05) is 33.4 Å². The van der Waals surface area contributed by atoms with E-state index in [1.54, 1.807) is 7.11 Å². The first kappa shape index (κ1) is 14.9. The summed E-state index contributed by atoms with van der Waals surface area (Å²) in [7, 11) is 1.70. The summed E-state index contributed by atoms with van der Waals surface area (Å²) in [6.07, 6.45) is 2.65. The second kappa shape index (κ2) is 10.4. The van der Waals surface area contributed by atoms with Crippen molar-refractivity contribution in [3.63, 3.8) is 0 Å². The zero-order chi connectivity index (χ0) is 11.5. The Morgan fingerprint density at radius 3 is 2.47 bits per heavy atom. The summed E-state index contributed by atoms with van der Waals surface area (Å²) in [5.41, 5.74) is 0. The highest BCUT2D eigenvalue weighted by atomic mass is 16.5. The van der Waals surface area contributed by atoms with E-state index in [0.717, 1.165) is 25.4 Å². The third-order valence-corrected chi connectivity index (χ3v) is 2.21. The molecule has 0 aromatic heterocycles. The van der Waals surface area contributed by atoms with E-state index in [1.807, 2.05) is 0 Å².